The van der Waals surface area contributed by atoms with Crippen molar-refractivity contribution in [3.05, 3.63) is 63.5 Å². The molecular weight excluding hydrogens is 384 g/mol. The van der Waals surface area contributed by atoms with Gasteiger partial charge in [-0.15, -0.1) is 11.3 Å². The summed E-state index contributed by atoms with van der Waals surface area (Å²) in [4.78, 5) is 13.8. The summed E-state index contributed by atoms with van der Waals surface area (Å²) in [5, 5.41) is 11.4. The predicted molar refractivity (Wildman–Crippen MR) is 103 cm³/mol. The molecule has 3 heterocycles. The van der Waals surface area contributed by atoms with Gasteiger partial charge in [-0.05, 0) is 48.6 Å². The predicted octanol–water partition coefficient (Wildman–Crippen LogP) is 2.78. The first-order valence-electron chi connectivity index (χ1n) is 8.42. The van der Waals surface area contributed by atoms with Gasteiger partial charge in [-0.25, -0.2) is 8.42 Å². The van der Waals surface area contributed by atoms with E-state index in [4.69, 9.17) is 0 Å². The molecule has 140 valence electrons. The van der Waals surface area contributed by atoms with Gasteiger partial charge in [-0.2, -0.15) is 9.40 Å². The number of anilines is 1. The molecule has 0 radical (unpaired) electrons. The van der Waals surface area contributed by atoms with Crippen molar-refractivity contribution in [1.82, 2.24) is 14.5 Å². The van der Waals surface area contributed by atoms with E-state index in [-0.39, 0.29) is 10.5 Å². The highest BCUT2D eigenvalue weighted by atomic mass is 32.2. The van der Waals surface area contributed by atoms with Gasteiger partial charge in [0.25, 0.3) is 5.91 Å². The second kappa shape index (κ2) is 6.91. The van der Waals surface area contributed by atoms with E-state index < -0.39 is 15.9 Å². The smallest absolute Gasteiger partial charge is 0.256 e. The lowest BCUT2D eigenvalue weighted by atomic mass is 10.1. The Labute approximate surface area is 161 Å². The molecule has 0 saturated carbocycles. The van der Waals surface area contributed by atoms with Crippen LogP contribution in [0.25, 0.3) is 0 Å². The molecule has 0 aliphatic carbocycles. The van der Waals surface area contributed by atoms with Crippen LogP contribution in [0.1, 0.15) is 26.5 Å². The van der Waals surface area contributed by atoms with Crippen LogP contribution in [0.4, 0.5) is 5.82 Å². The van der Waals surface area contributed by atoms with E-state index in [1.165, 1.54) is 21.3 Å². The average molecular weight is 403 g/mol. The summed E-state index contributed by atoms with van der Waals surface area (Å²) < 4.78 is 27.5. The molecule has 3 aromatic rings. The van der Waals surface area contributed by atoms with E-state index in [0.29, 0.717) is 25.3 Å². The zero-order valence-electron chi connectivity index (χ0n) is 14.6. The monoisotopic (exact) mass is 402 g/mol. The Bertz CT molecular complexity index is 1100. The van der Waals surface area contributed by atoms with Crippen molar-refractivity contribution in [1.29, 1.82) is 0 Å². The molecule has 7 nitrogen and oxygen atoms in total. The highest BCUT2D eigenvalue weighted by molar-refractivity contribution is 7.89. The summed E-state index contributed by atoms with van der Waals surface area (Å²) in [5.74, 6) is -0.0101. The summed E-state index contributed by atoms with van der Waals surface area (Å²) in [6, 6.07) is 9.77. The summed E-state index contributed by atoms with van der Waals surface area (Å²) in [7, 11) is -3.67. The van der Waals surface area contributed by atoms with Gasteiger partial charge >= 0.3 is 0 Å². The third kappa shape index (κ3) is 3.53. The number of carbonyl (C=O) groups excluding carboxylic acids is 1. The Morgan fingerprint density at radius 3 is 2.93 bits per heavy atom. The number of rotatable bonds is 4. The third-order valence-corrected chi connectivity index (χ3v) is 7.32. The van der Waals surface area contributed by atoms with Gasteiger partial charge in [-0.3, -0.25) is 9.89 Å². The summed E-state index contributed by atoms with van der Waals surface area (Å²) in [6.45, 7) is 2.64. The first kappa shape index (κ1) is 17.9. The molecule has 4 rings (SSSR count). The summed E-state index contributed by atoms with van der Waals surface area (Å²) in [6.07, 6.45) is 0.713. The molecule has 27 heavy (non-hydrogen) atoms. The number of amides is 1. The number of fused-ring (bicyclic) bond motifs is 1. The van der Waals surface area contributed by atoms with Gasteiger partial charge in [-0.1, -0.05) is 6.07 Å². The van der Waals surface area contributed by atoms with E-state index in [1.807, 2.05) is 18.4 Å². The molecule has 9 heteroatoms. The third-order valence-electron chi connectivity index (χ3n) is 4.45. The van der Waals surface area contributed by atoms with Crippen LogP contribution in [0.5, 0.6) is 0 Å². The molecule has 1 amide bonds. The first-order chi connectivity index (χ1) is 12.9. The van der Waals surface area contributed by atoms with Crippen LogP contribution in [0, 0.1) is 6.92 Å². The molecule has 0 fully saturated rings. The maximum atomic E-state index is 13.0. The molecule has 0 saturated heterocycles. The Balaban J connectivity index is 1.57. The standard InChI is InChI=1S/C18H18N4O3S2/c1-12-9-17(21-20-12)19-18(23)13-3-2-4-15(10-13)27(24,25)22-7-5-16-14(11-22)6-8-26-16/h2-4,6,8-10H,5,7,11H2,1H3,(H2,19,20,21,23). The summed E-state index contributed by atoms with van der Waals surface area (Å²) in [5.41, 5.74) is 2.14. The number of aromatic nitrogens is 2. The maximum absolute atomic E-state index is 13.0. The van der Waals surface area contributed by atoms with E-state index in [0.717, 1.165) is 11.3 Å². The number of carbonyl (C=O) groups is 1. The van der Waals surface area contributed by atoms with Crippen molar-refractivity contribution < 1.29 is 13.2 Å². The topological polar surface area (TPSA) is 95.2 Å². The average Bonchev–Trinajstić information content (AvgIpc) is 3.29. The van der Waals surface area contributed by atoms with Gasteiger partial charge in [0.15, 0.2) is 5.82 Å². The van der Waals surface area contributed by atoms with E-state index in [1.54, 1.807) is 29.5 Å². The van der Waals surface area contributed by atoms with Crippen LogP contribution in [0.3, 0.4) is 0 Å². The second-order valence-corrected chi connectivity index (χ2v) is 9.31. The number of H-pyrrole nitrogens is 1. The van der Waals surface area contributed by atoms with Crippen LogP contribution in [0.15, 0.2) is 46.7 Å². The number of sulfonamides is 1. The van der Waals surface area contributed by atoms with Gasteiger partial charge in [0.2, 0.25) is 10.0 Å². The van der Waals surface area contributed by atoms with Crippen LogP contribution in [-0.4, -0.2) is 35.4 Å². The number of benzene rings is 1. The van der Waals surface area contributed by atoms with Gasteiger partial charge in [0.05, 0.1) is 4.90 Å². The molecule has 2 aromatic heterocycles. The fourth-order valence-corrected chi connectivity index (χ4v) is 5.40. The van der Waals surface area contributed by atoms with E-state index >= 15 is 0 Å². The molecule has 0 bridgehead atoms. The number of nitrogens with zero attached hydrogens (tertiary/aromatic N) is 2. The minimum atomic E-state index is -3.67. The Kier molecular flexibility index (Phi) is 4.58. The number of hydrogen-bond donors (Lipinski definition) is 2. The van der Waals surface area contributed by atoms with Crippen molar-refractivity contribution in [2.24, 2.45) is 0 Å². The maximum Gasteiger partial charge on any atom is 0.256 e. The highest BCUT2D eigenvalue weighted by Crippen LogP contribution is 2.28. The fraction of sp³-hybridized carbons (Fsp3) is 0.222. The van der Waals surface area contributed by atoms with E-state index in [2.05, 4.69) is 15.5 Å². The van der Waals surface area contributed by atoms with Gasteiger partial charge < -0.3 is 5.32 Å². The number of aryl methyl sites for hydroxylation is 1. The molecule has 0 atom stereocenters. The van der Waals surface area contributed by atoms with Crippen LogP contribution in [0.2, 0.25) is 0 Å². The molecule has 0 spiro atoms. The van der Waals surface area contributed by atoms with Crippen molar-refractivity contribution >= 4 is 33.1 Å². The lowest BCUT2D eigenvalue weighted by molar-refractivity contribution is 0.102. The molecule has 1 aliphatic heterocycles. The molecule has 1 aliphatic rings. The molecule has 2 N–H and O–H groups in total. The van der Waals surface area contributed by atoms with Crippen LogP contribution < -0.4 is 5.32 Å². The van der Waals surface area contributed by atoms with Crippen LogP contribution in [-0.2, 0) is 23.0 Å². The number of aromatic amines is 1. The first-order valence-corrected chi connectivity index (χ1v) is 10.7. The quantitative estimate of drug-likeness (QED) is 0.701. The largest absolute Gasteiger partial charge is 0.305 e. The Morgan fingerprint density at radius 1 is 1.30 bits per heavy atom. The number of hydrogen-bond acceptors (Lipinski definition) is 5. The zero-order valence-corrected chi connectivity index (χ0v) is 16.2. The summed E-state index contributed by atoms with van der Waals surface area (Å²) >= 11 is 1.66. The number of thiophene rings is 1. The fourth-order valence-electron chi connectivity index (χ4n) is 3.05. The second-order valence-electron chi connectivity index (χ2n) is 6.38. The zero-order chi connectivity index (χ0) is 19.0. The lowest BCUT2D eigenvalue weighted by Crippen LogP contribution is -2.35. The highest BCUT2D eigenvalue weighted by Gasteiger charge is 2.29. The van der Waals surface area contributed by atoms with Crippen molar-refractivity contribution in [3.8, 4) is 0 Å². The van der Waals surface area contributed by atoms with E-state index in [9.17, 15) is 13.2 Å². The molecule has 0 unspecified atom stereocenters. The lowest BCUT2D eigenvalue weighted by Gasteiger charge is -2.26. The molecule has 1 aromatic carbocycles. The Hall–Kier alpha value is -2.49. The van der Waals surface area contributed by atoms with Gasteiger partial charge in [0, 0.05) is 35.3 Å². The van der Waals surface area contributed by atoms with Crippen molar-refractivity contribution in [2.45, 2.75) is 24.8 Å². The van der Waals surface area contributed by atoms with Crippen LogP contribution >= 0.6 is 11.3 Å². The molecular formula is C18H18N4O3S2. The van der Waals surface area contributed by atoms with Crippen molar-refractivity contribution in [3.63, 3.8) is 0 Å². The minimum Gasteiger partial charge on any atom is -0.305 e. The Morgan fingerprint density at radius 2 is 2.15 bits per heavy atom. The minimum absolute atomic E-state index is 0.118. The SMILES string of the molecule is Cc1cc(NC(=O)c2cccc(S(=O)(=O)N3CCc4sccc4C3)c2)n[nH]1. The van der Waals surface area contributed by atoms with Gasteiger partial charge in [0.1, 0.15) is 0 Å². The normalized spacial score (nSPS) is 14.7. The number of nitrogens with one attached hydrogen (secondary N) is 2. The van der Waals surface area contributed by atoms with Crippen molar-refractivity contribution in [2.75, 3.05) is 11.9 Å².